The van der Waals surface area contributed by atoms with Crippen molar-refractivity contribution < 1.29 is 18.4 Å². The third-order valence-electron chi connectivity index (χ3n) is 3.76. The molecule has 26 heavy (non-hydrogen) atoms. The SMILES string of the molecule is [2H]C([2H])([2H])NC(=O)c1nnc(NC(=O)C2CC2)cc1Nc1cccc(Br)c1OC. The van der Waals surface area contributed by atoms with Crippen molar-refractivity contribution in [2.45, 2.75) is 12.8 Å². The van der Waals surface area contributed by atoms with E-state index in [2.05, 4.69) is 36.8 Å². The average Bonchev–Trinajstić information content (AvgIpc) is 3.46. The molecule has 1 aromatic heterocycles. The topological polar surface area (TPSA) is 105 Å². The van der Waals surface area contributed by atoms with Gasteiger partial charge in [0.2, 0.25) is 5.91 Å². The molecule has 9 heteroatoms. The lowest BCUT2D eigenvalue weighted by Gasteiger charge is -2.15. The normalized spacial score (nSPS) is 15.2. The molecule has 3 N–H and O–H groups in total. The maximum absolute atomic E-state index is 12.4. The summed E-state index contributed by atoms with van der Waals surface area (Å²) in [5.74, 6) is -0.546. The largest absolute Gasteiger partial charge is 0.493 e. The number of anilines is 3. The van der Waals surface area contributed by atoms with Crippen molar-refractivity contribution in [3.63, 3.8) is 0 Å². The lowest BCUT2D eigenvalue weighted by atomic mass is 10.2. The van der Waals surface area contributed by atoms with Crippen molar-refractivity contribution in [1.29, 1.82) is 0 Å². The Kier molecular flexibility index (Phi) is 4.28. The van der Waals surface area contributed by atoms with Gasteiger partial charge in [0.05, 0.1) is 23.0 Å². The van der Waals surface area contributed by atoms with Gasteiger partial charge in [0, 0.05) is 23.1 Å². The van der Waals surface area contributed by atoms with Crippen LogP contribution in [0.5, 0.6) is 5.75 Å². The molecule has 0 saturated heterocycles. The van der Waals surface area contributed by atoms with Gasteiger partial charge in [0.1, 0.15) is 0 Å². The number of nitrogens with zero attached hydrogens (tertiary/aromatic N) is 2. The fraction of sp³-hybridized carbons (Fsp3) is 0.294. The molecule has 1 aliphatic carbocycles. The summed E-state index contributed by atoms with van der Waals surface area (Å²) in [7, 11) is 1.49. The molecule has 2 amide bonds. The van der Waals surface area contributed by atoms with Crippen LogP contribution in [-0.4, -0.2) is 36.1 Å². The molecule has 0 spiro atoms. The Morgan fingerprint density at radius 2 is 2.12 bits per heavy atom. The predicted molar refractivity (Wildman–Crippen MR) is 101 cm³/mol. The summed E-state index contributed by atoms with van der Waals surface area (Å²) in [6.07, 6.45) is 1.64. The van der Waals surface area contributed by atoms with E-state index in [0.717, 1.165) is 12.8 Å². The monoisotopic (exact) mass is 422 g/mol. The minimum absolute atomic E-state index is 0.0445. The van der Waals surface area contributed by atoms with Crippen molar-refractivity contribution in [1.82, 2.24) is 15.5 Å². The van der Waals surface area contributed by atoms with Gasteiger partial charge in [0.15, 0.2) is 17.3 Å². The number of hydrogen-bond acceptors (Lipinski definition) is 6. The third kappa shape index (κ3) is 3.93. The molecular weight excluding hydrogens is 402 g/mol. The zero-order chi connectivity index (χ0) is 21.2. The van der Waals surface area contributed by atoms with Crippen LogP contribution in [0.4, 0.5) is 17.2 Å². The Balaban J connectivity index is 1.96. The summed E-state index contributed by atoms with van der Waals surface area (Å²) in [5.41, 5.74) is 0.411. The summed E-state index contributed by atoms with van der Waals surface area (Å²) in [6, 6.07) is 6.65. The summed E-state index contributed by atoms with van der Waals surface area (Å²) < 4.78 is 27.7. The van der Waals surface area contributed by atoms with Crippen molar-refractivity contribution in [2.24, 2.45) is 5.92 Å². The Hall–Kier alpha value is -2.68. The van der Waals surface area contributed by atoms with E-state index in [4.69, 9.17) is 8.85 Å². The first-order valence-electron chi connectivity index (χ1n) is 9.28. The fourth-order valence-corrected chi connectivity index (χ4v) is 2.84. The fourth-order valence-electron chi connectivity index (χ4n) is 2.31. The van der Waals surface area contributed by atoms with Crippen LogP contribution < -0.4 is 20.7 Å². The molecule has 1 heterocycles. The molecule has 1 aliphatic rings. The first kappa shape index (κ1) is 14.5. The molecule has 1 fully saturated rings. The number of benzene rings is 1. The minimum Gasteiger partial charge on any atom is -0.493 e. The van der Waals surface area contributed by atoms with E-state index >= 15 is 0 Å². The number of nitrogens with one attached hydrogen (secondary N) is 3. The van der Waals surface area contributed by atoms with Gasteiger partial charge in [-0.25, -0.2) is 0 Å². The molecule has 0 atom stereocenters. The Morgan fingerprint density at radius 3 is 2.81 bits per heavy atom. The van der Waals surface area contributed by atoms with E-state index in [-0.39, 0.29) is 29.0 Å². The molecule has 136 valence electrons. The second-order valence-electron chi connectivity index (χ2n) is 5.66. The van der Waals surface area contributed by atoms with Crippen LogP contribution >= 0.6 is 15.9 Å². The van der Waals surface area contributed by atoms with E-state index < -0.39 is 12.9 Å². The molecule has 2 aromatic rings. The van der Waals surface area contributed by atoms with E-state index in [1.165, 1.54) is 13.2 Å². The third-order valence-corrected chi connectivity index (χ3v) is 4.39. The van der Waals surface area contributed by atoms with Crippen LogP contribution in [0.25, 0.3) is 0 Å². The maximum Gasteiger partial charge on any atom is 0.273 e. The summed E-state index contributed by atoms with van der Waals surface area (Å²) in [5, 5.41) is 15.2. The molecule has 1 aromatic carbocycles. The van der Waals surface area contributed by atoms with Crippen LogP contribution in [0.15, 0.2) is 28.7 Å². The molecule has 0 bridgehead atoms. The second-order valence-corrected chi connectivity index (χ2v) is 6.51. The molecule has 0 unspecified atom stereocenters. The molecule has 1 saturated carbocycles. The number of ether oxygens (including phenoxy) is 1. The van der Waals surface area contributed by atoms with Gasteiger partial charge < -0.3 is 20.7 Å². The zero-order valence-electron chi connectivity index (χ0n) is 16.8. The van der Waals surface area contributed by atoms with Crippen molar-refractivity contribution in [3.8, 4) is 5.75 Å². The van der Waals surface area contributed by atoms with Crippen molar-refractivity contribution in [2.75, 3.05) is 24.7 Å². The average molecular weight is 423 g/mol. The standard InChI is InChI=1S/C17H18BrN5O3/c1-19-17(25)14-12(20-11-5-3-4-10(18)15(11)26-2)8-13(22-23-14)21-16(24)9-6-7-9/h3-5,8-9H,6-7H2,1-2H3,(H,19,25)(H2,20,21,22,24)/i1D3. The number of para-hydroxylation sites is 1. The van der Waals surface area contributed by atoms with Crippen molar-refractivity contribution in [3.05, 3.63) is 34.4 Å². The molecule has 8 nitrogen and oxygen atoms in total. The van der Waals surface area contributed by atoms with Gasteiger partial charge in [0.25, 0.3) is 5.91 Å². The highest BCUT2D eigenvalue weighted by Crippen LogP contribution is 2.35. The van der Waals surface area contributed by atoms with Gasteiger partial charge >= 0.3 is 0 Å². The van der Waals surface area contributed by atoms with Gasteiger partial charge in [-0.15, -0.1) is 10.2 Å². The number of aromatic nitrogens is 2. The van der Waals surface area contributed by atoms with Crippen LogP contribution in [0.2, 0.25) is 0 Å². The number of methoxy groups -OCH3 is 1. The Morgan fingerprint density at radius 1 is 1.31 bits per heavy atom. The number of rotatable bonds is 6. The summed E-state index contributed by atoms with van der Waals surface area (Å²) in [6.45, 7) is -2.69. The number of hydrogen-bond donors (Lipinski definition) is 3. The van der Waals surface area contributed by atoms with Crippen LogP contribution in [0, 0.1) is 5.92 Å². The van der Waals surface area contributed by atoms with Gasteiger partial charge in [-0.2, -0.15) is 0 Å². The van der Waals surface area contributed by atoms with Gasteiger partial charge in [-0.1, -0.05) is 6.07 Å². The molecule has 0 radical (unpaired) electrons. The first-order valence-corrected chi connectivity index (χ1v) is 8.58. The van der Waals surface area contributed by atoms with E-state index in [1.54, 1.807) is 18.2 Å². The van der Waals surface area contributed by atoms with Crippen molar-refractivity contribution >= 4 is 44.9 Å². The molecule has 0 aliphatic heterocycles. The maximum atomic E-state index is 12.4. The lowest BCUT2D eigenvalue weighted by molar-refractivity contribution is -0.117. The number of amides is 2. The highest BCUT2D eigenvalue weighted by molar-refractivity contribution is 9.10. The predicted octanol–water partition coefficient (Wildman–Crippen LogP) is 2.70. The van der Waals surface area contributed by atoms with E-state index in [1.807, 2.05) is 5.32 Å². The lowest BCUT2D eigenvalue weighted by Crippen LogP contribution is -2.22. The number of halogens is 1. The number of carbonyl (C=O) groups is 2. The highest BCUT2D eigenvalue weighted by Gasteiger charge is 2.30. The second kappa shape index (κ2) is 7.69. The zero-order valence-corrected chi connectivity index (χ0v) is 15.4. The van der Waals surface area contributed by atoms with Gasteiger partial charge in [-0.05, 0) is 40.9 Å². The minimum atomic E-state index is -2.69. The van der Waals surface area contributed by atoms with Gasteiger partial charge in [-0.3, -0.25) is 9.59 Å². The van der Waals surface area contributed by atoms with E-state index in [9.17, 15) is 9.59 Å². The summed E-state index contributed by atoms with van der Waals surface area (Å²) >= 11 is 3.37. The molecular formula is C17H18BrN5O3. The van der Waals surface area contributed by atoms with E-state index in [0.29, 0.717) is 15.9 Å². The Labute approximate surface area is 163 Å². The van der Waals surface area contributed by atoms with Crippen LogP contribution in [0.3, 0.4) is 0 Å². The smallest absolute Gasteiger partial charge is 0.273 e. The molecule has 3 rings (SSSR count). The van der Waals surface area contributed by atoms with Crippen LogP contribution in [0.1, 0.15) is 27.4 Å². The quantitative estimate of drug-likeness (QED) is 0.660. The number of carbonyl (C=O) groups excluding carboxylic acids is 2. The Bertz CT molecular complexity index is 950. The summed E-state index contributed by atoms with van der Waals surface area (Å²) in [4.78, 5) is 24.4. The van der Waals surface area contributed by atoms with Crippen LogP contribution in [-0.2, 0) is 4.79 Å². The first-order chi connectivity index (χ1) is 13.7. The highest BCUT2D eigenvalue weighted by atomic mass is 79.9.